The molecule has 1 rings (SSSR count). The van der Waals surface area contributed by atoms with Gasteiger partial charge >= 0.3 is 0 Å². The quantitative estimate of drug-likeness (QED) is 0.644. The van der Waals surface area contributed by atoms with E-state index in [2.05, 4.69) is 44.3 Å². The Kier molecular flexibility index (Phi) is 8.36. The van der Waals surface area contributed by atoms with E-state index >= 15 is 0 Å². The Morgan fingerprint density at radius 2 is 1.90 bits per heavy atom. The van der Waals surface area contributed by atoms with Crippen LogP contribution in [-0.4, -0.2) is 20.2 Å². The molecule has 0 aliphatic heterocycles. The fraction of sp³-hybridized carbons (Fsp3) is 0.667. The van der Waals surface area contributed by atoms with E-state index in [4.69, 9.17) is 4.74 Å². The lowest BCUT2D eigenvalue weighted by Crippen LogP contribution is -2.29. The number of para-hydroxylation sites is 1. The molecule has 0 saturated heterocycles. The molecule has 0 amide bonds. The molecule has 2 unspecified atom stereocenters. The molecule has 0 radical (unpaired) electrons. The predicted molar refractivity (Wildman–Crippen MR) is 87.4 cm³/mol. The van der Waals surface area contributed by atoms with Gasteiger partial charge in [0.1, 0.15) is 5.75 Å². The molecule has 20 heavy (non-hydrogen) atoms. The normalized spacial score (nSPS) is 14.0. The highest BCUT2D eigenvalue weighted by atomic mass is 16.5. The highest BCUT2D eigenvalue weighted by Gasteiger charge is 2.18. The van der Waals surface area contributed by atoms with Crippen LogP contribution >= 0.6 is 0 Å². The lowest BCUT2D eigenvalue weighted by Gasteiger charge is -2.25. The van der Waals surface area contributed by atoms with Gasteiger partial charge in [-0.3, -0.25) is 0 Å². The van der Waals surface area contributed by atoms with Crippen molar-refractivity contribution in [1.82, 2.24) is 5.32 Å². The molecule has 2 nitrogen and oxygen atoms in total. The second-order valence-corrected chi connectivity index (χ2v) is 5.75. The fourth-order valence-electron chi connectivity index (χ4n) is 2.78. The zero-order valence-corrected chi connectivity index (χ0v) is 13.6. The van der Waals surface area contributed by atoms with E-state index in [-0.39, 0.29) is 0 Å². The van der Waals surface area contributed by atoms with Gasteiger partial charge in [-0.2, -0.15) is 0 Å². The van der Waals surface area contributed by atoms with Gasteiger partial charge in [0.15, 0.2) is 0 Å². The molecule has 0 aliphatic carbocycles. The molecule has 1 aromatic rings. The lowest BCUT2D eigenvalue weighted by molar-refractivity contribution is 0.313. The Morgan fingerprint density at radius 3 is 2.55 bits per heavy atom. The zero-order valence-electron chi connectivity index (χ0n) is 13.6. The first-order valence-corrected chi connectivity index (χ1v) is 8.05. The van der Waals surface area contributed by atoms with E-state index in [9.17, 15) is 0 Å². The molecular formula is C18H31NO. The molecule has 2 atom stereocenters. The third-order valence-corrected chi connectivity index (χ3v) is 4.06. The molecule has 0 spiro atoms. The molecule has 0 aromatic heterocycles. The molecule has 0 saturated carbocycles. The van der Waals surface area contributed by atoms with Gasteiger partial charge in [0.25, 0.3) is 0 Å². The van der Waals surface area contributed by atoms with Crippen LogP contribution in [0.15, 0.2) is 24.3 Å². The van der Waals surface area contributed by atoms with Crippen LogP contribution in [0.2, 0.25) is 0 Å². The Bertz CT molecular complexity index is 364. The largest absolute Gasteiger partial charge is 0.496 e. The summed E-state index contributed by atoms with van der Waals surface area (Å²) in [5.74, 6) is 2.45. The van der Waals surface area contributed by atoms with Gasteiger partial charge in [0, 0.05) is 0 Å². The number of hydrogen-bond donors (Lipinski definition) is 1. The summed E-state index contributed by atoms with van der Waals surface area (Å²) in [6.07, 6.45) is 4.86. The second-order valence-electron chi connectivity index (χ2n) is 5.75. The van der Waals surface area contributed by atoms with E-state index in [0.717, 1.165) is 31.2 Å². The van der Waals surface area contributed by atoms with Crippen LogP contribution in [0.5, 0.6) is 5.75 Å². The van der Waals surface area contributed by atoms with Crippen molar-refractivity contribution < 1.29 is 4.74 Å². The first kappa shape index (κ1) is 17.0. The number of ether oxygens (including phenoxy) is 1. The Balaban J connectivity index is 2.71. The topological polar surface area (TPSA) is 21.3 Å². The fourth-order valence-corrected chi connectivity index (χ4v) is 2.78. The van der Waals surface area contributed by atoms with E-state index < -0.39 is 0 Å². The number of rotatable bonds is 10. The first-order valence-electron chi connectivity index (χ1n) is 8.05. The summed E-state index contributed by atoms with van der Waals surface area (Å²) in [5.41, 5.74) is 1.33. The van der Waals surface area contributed by atoms with Crippen molar-refractivity contribution in [2.75, 3.05) is 20.2 Å². The van der Waals surface area contributed by atoms with Crippen molar-refractivity contribution >= 4 is 0 Å². The number of nitrogens with one attached hydrogen (secondary N) is 1. The van der Waals surface area contributed by atoms with Gasteiger partial charge < -0.3 is 10.1 Å². The van der Waals surface area contributed by atoms with Crippen LogP contribution in [0.4, 0.5) is 0 Å². The van der Waals surface area contributed by atoms with Crippen LogP contribution in [-0.2, 0) is 6.42 Å². The average Bonchev–Trinajstić information content (AvgIpc) is 2.47. The monoisotopic (exact) mass is 277 g/mol. The average molecular weight is 277 g/mol. The summed E-state index contributed by atoms with van der Waals surface area (Å²) in [5, 5.41) is 3.59. The summed E-state index contributed by atoms with van der Waals surface area (Å²) in [6, 6.07) is 8.42. The maximum atomic E-state index is 5.49. The van der Waals surface area contributed by atoms with Crippen LogP contribution in [0.1, 0.15) is 45.6 Å². The van der Waals surface area contributed by atoms with E-state index in [0.29, 0.717) is 5.92 Å². The molecule has 2 heteroatoms. The molecule has 0 fully saturated rings. The van der Waals surface area contributed by atoms with Gasteiger partial charge in [-0.1, -0.05) is 51.8 Å². The number of benzene rings is 1. The molecule has 0 aliphatic rings. The maximum Gasteiger partial charge on any atom is 0.122 e. The van der Waals surface area contributed by atoms with Crippen LogP contribution < -0.4 is 10.1 Å². The van der Waals surface area contributed by atoms with Gasteiger partial charge in [-0.15, -0.1) is 0 Å². The van der Waals surface area contributed by atoms with Gasteiger partial charge in [-0.05, 0) is 49.4 Å². The Hall–Kier alpha value is -1.02. The summed E-state index contributed by atoms with van der Waals surface area (Å²) >= 11 is 0. The van der Waals surface area contributed by atoms with Gasteiger partial charge in [-0.25, -0.2) is 0 Å². The van der Waals surface area contributed by atoms with E-state index in [1.165, 1.54) is 24.8 Å². The summed E-state index contributed by atoms with van der Waals surface area (Å²) < 4.78 is 5.49. The van der Waals surface area contributed by atoms with Crippen molar-refractivity contribution in [3.63, 3.8) is 0 Å². The van der Waals surface area contributed by atoms with Gasteiger partial charge in [0.05, 0.1) is 7.11 Å². The highest BCUT2D eigenvalue weighted by Crippen LogP contribution is 2.26. The third kappa shape index (κ3) is 5.54. The van der Waals surface area contributed by atoms with Crippen LogP contribution in [0, 0.1) is 11.8 Å². The SMILES string of the molecule is CCCNCC(Cc1ccccc1OC)C(C)CCC. The van der Waals surface area contributed by atoms with Crippen molar-refractivity contribution in [3.05, 3.63) is 29.8 Å². The Morgan fingerprint density at radius 1 is 1.15 bits per heavy atom. The van der Waals surface area contributed by atoms with Crippen molar-refractivity contribution in [3.8, 4) is 5.75 Å². The zero-order chi connectivity index (χ0) is 14.8. The molecular weight excluding hydrogens is 246 g/mol. The molecule has 1 N–H and O–H groups in total. The summed E-state index contributed by atoms with van der Waals surface area (Å²) in [4.78, 5) is 0. The standard InChI is InChI=1S/C18H31NO/c1-5-9-15(3)17(14-19-12-6-2)13-16-10-7-8-11-18(16)20-4/h7-8,10-11,15,17,19H,5-6,9,12-14H2,1-4H3. The van der Waals surface area contributed by atoms with Crippen molar-refractivity contribution in [2.45, 2.75) is 46.5 Å². The lowest BCUT2D eigenvalue weighted by atomic mass is 9.85. The minimum atomic E-state index is 0.679. The minimum absolute atomic E-state index is 0.679. The van der Waals surface area contributed by atoms with Crippen LogP contribution in [0.3, 0.4) is 0 Å². The third-order valence-electron chi connectivity index (χ3n) is 4.06. The Labute approximate surface area is 124 Å². The predicted octanol–water partition coefficient (Wildman–Crippen LogP) is 4.29. The van der Waals surface area contributed by atoms with Crippen LogP contribution in [0.25, 0.3) is 0 Å². The van der Waals surface area contributed by atoms with Crippen molar-refractivity contribution in [2.24, 2.45) is 11.8 Å². The molecule has 0 heterocycles. The van der Waals surface area contributed by atoms with E-state index in [1.54, 1.807) is 7.11 Å². The molecule has 1 aromatic carbocycles. The number of methoxy groups -OCH3 is 1. The van der Waals surface area contributed by atoms with E-state index in [1.807, 2.05) is 6.07 Å². The smallest absolute Gasteiger partial charge is 0.122 e. The summed E-state index contributed by atoms with van der Waals surface area (Å²) in [7, 11) is 1.76. The summed E-state index contributed by atoms with van der Waals surface area (Å²) in [6.45, 7) is 9.10. The molecule has 0 bridgehead atoms. The highest BCUT2D eigenvalue weighted by molar-refractivity contribution is 5.33. The maximum absolute atomic E-state index is 5.49. The molecule has 114 valence electrons. The second kappa shape index (κ2) is 9.82. The van der Waals surface area contributed by atoms with Gasteiger partial charge in [0.2, 0.25) is 0 Å². The first-order chi connectivity index (χ1) is 9.72. The minimum Gasteiger partial charge on any atom is -0.496 e. The number of hydrogen-bond acceptors (Lipinski definition) is 2. The van der Waals surface area contributed by atoms with Crippen molar-refractivity contribution in [1.29, 1.82) is 0 Å².